The summed E-state index contributed by atoms with van der Waals surface area (Å²) in [6.07, 6.45) is 4.30. The molecule has 1 aliphatic heterocycles. The van der Waals surface area contributed by atoms with Crippen molar-refractivity contribution in [2.24, 2.45) is 5.92 Å². The lowest BCUT2D eigenvalue weighted by Crippen LogP contribution is -2.30. The van der Waals surface area contributed by atoms with E-state index in [1.165, 1.54) is 0 Å². The molecule has 1 atom stereocenters. The standard InChI is InChI=1S/C11H14BrNO/c1-4-9(12)6-10-7(2)5-11(14)13-8(10)3/h4,6-7H,1,5H2,2-3H3,(H,13,14)/b9-6+. The highest BCUT2D eigenvalue weighted by atomic mass is 79.9. The van der Waals surface area contributed by atoms with Gasteiger partial charge in [-0.2, -0.15) is 0 Å². The summed E-state index contributed by atoms with van der Waals surface area (Å²) in [5.74, 6) is 0.373. The lowest BCUT2D eigenvalue weighted by atomic mass is 9.92. The molecule has 1 amide bonds. The molecule has 0 spiro atoms. The van der Waals surface area contributed by atoms with Crippen molar-refractivity contribution in [2.45, 2.75) is 20.3 Å². The first-order chi connectivity index (χ1) is 6.54. The number of nitrogens with one attached hydrogen (secondary N) is 1. The lowest BCUT2D eigenvalue weighted by Gasteiger charge is -2.22. The Balaban J connectivity index is 3.00. The van der Waals surface area contributed by atoms with Crippen LogP contribution in [0.4, 0.5) is 0 Å². The summed E-state index contributed by atoms with van der Waals surface area (Å²) in [6, 6.07) is 0. The molecule has 2 nitrogen and oxygen atoms in total. The van der Waals surface area contributed by atoms with Crippen molar-refractivity contribution in [2.75, 3.05) is 0 Å². The maximum Gasteiger partial charge on any atom is 0.224 e. The predicted molar refractivity (Wildman–Crippen MR) is 61.8 cm³/mol. The minimum atomic E-state index is 0.0990. The van der Waals surface area contributed by atoms with E-state index in [-0.39, 0.29) is 11.8 Å². The van der Waals surface area contributed by atoms with Crippen LogP contribution in [0.5, 0.6) is 0 Å². The molecule has 0 aliphatic carbocycles. The number of hydrogen-bond acceptors (Lipinski definition) is 1. The zero-order valence-corrected chi connectivity index (χ0v) is 10.0. The number of halogens is 1. The van der Waals surface area contributed by atoms with Crippen LogP contribution in [-0.4, -0.2) is 5.91 Å². The summed E-state index contributed by atoms with van der Waals surface area (Å²) >= 11 is 3.38. The number of allylic oxidation sites excluding steroid dienone is 5. The van der Waals surface area contributed by atoms with E-state index in [0.29, 0.717) is 6.42 Å². The quantitative estimate of drug-likeness (QED) is 0.756. The fraction of sp³-hybridized carbons (Fsp3) is 0.364. The maximum absolute atomic E-state index is 11.2. The zero-order valence-electron chi connectivity index (χ0n) is 8.43. The molecule has 1 heterocycles. The molecule has 0 bridgehead atoms. The fourth-order valence-electron chi connectivity index (χ4n) is 1.55. The van der Waals surface area contributed by atoms with Gasteiger partial charge in [0.1, 0.15) is 0 Å². The number of amides is 1. The molecule has 1 aliphatic rings. The molecule has 0 fully saturated rings. The molecular weight excluding hydrogens is 242 g/mol. The molecule has 0 aromatic rings. The average molecular weight is 256 g/mol. The number of carbonyl (C=O) groups excluding carboxylic acids is 1. The highest BCUT2D eigenvalue weighted by Crippen LogP contribution is 2.25. The van der Waals surface area contributed by atoms with Gasteiger partial charge in [-0.05, 0) is 24.5 Å². The van der Waals surface area contributed by atoms with Crippen LogP contribution in [0.2, 0.25) is 0 Å². The summed E-state index contributed by atoms with van der Waals surface area (Å²) in [7, 11) is 0. The van der Waals surface area contributed by atoms with Gasteiger partial charge >= 0.3 is 0 Å². The van der Waals surface area contributed by atoms with Crippen molar-refractivity contribution in [3.8, 4) is 0 Å². The number of carbonyl (C=O) groups is 1. The third-order valence-electron chi connectivity index (χ3n) is 2.27. The summed E-state index contributed by atoms with van der Waals surface area (Å²) in [5, 5.41) is 2.83. The number of rotatable bonds is 2. The van der Waals surface area contributed by atoms with Gasteiger partial charge in [-0.3, -0.25) is 4.79 Å². The Morgan fingerprint density at radius 2 is 2.36 bits per heavy atom. The Bertz CT molecular complexity index is 328. The Morgan fingerprint density at radius 1 is 1.71 bits per heavy atom. The Kier molecular flexibility index (Phi) is 3.69. The number of hydrogen-bond donors (Lipinski definition) is 1. The second-order valence-corrected chi connectivity index (χ2v) is 4.38. The van der Waals surface area contributed by atoms with Gasteiger partial charge in [0.15, 0.2) is 0 Å². The van der Waals surface area contributed by atoms with Crippen molar-refractivity contribution < 1.29 is 4.79 Å². The Hall–Kier alpha value is -0.830. The van der Waals surface area contributed by atoms with Gasteiger partial charge in [-0.25, -0.2) is 0 Å². The first kappa shape index (κ1) is 11.2. The fourth-order valence-corrected chi connectivity index (χ4v) is 1.79. The van der Waals surface area contributed by atoms with Crippen LogP contribution >= 0.6 is 15.9 Å². The van der Waals surface area contributed by atoms with Gasteiger partial charge in [0.25, 0.3) is 0 Å². The van der Waals surface area contributed by atoms with Crippen molar-refractivity contribution in [1.82, 2.24) is 5.32 Å². The van der Waals surface area contributed by atoms with Crippen LogP contribution < -0.4 is 5.32 Å². The highest BCUT2D eigenvalue weighted by molar-refractivity contribution is 9.11. The van der Waals surface area contributed by atoms with Gasteiger partial charge in [0.05, 0.1) is 0 Å². The summed E-state index contributed by atoms with van der Waals surface area (Å²) < 4.78 is 0.940. The van der Waals surface area contributed by atoms with E-state index in [0.717, 1.165) is 15.8 Å². The van der Waals surface area contributed by atoms with Crippen LogP contribution in [0.1, 0.15) is 20.3 Å². The topological polar surface area (TPSA) is 29.1 Å². The molecule has 0 saturated carbocycles. The monoisotopic (exact) mass is 255 g/mol. The van der Waals surface area contributed by atoms with Crippen molar-refractivity contribution in [1.29, 1.82) is 0 Å². The molecule has 1 unspecified atom stereocenters. The first-order valence-corrected chi connectivity index (χ1v) is 5.34. The van der Waals surface area contributed by atoms with Gasteiger partial charge < -0.3 is 5.32 Å². The van der Waals surface area contributed by atoms with E-state index < -0.39 is 0 Å². The lowest BCUT2D eigenvalue weighted by molar-refractivity contribution is -0.121. The minimum Gasteiger partial charge on any atom is -0.330 e. The molecule has 0 aromatic carbocycles. The molecule has 0 radical (unpaired) electrons. The van der Waals surface area contributed by atoms with Crippen LogP contribution in [0, 0.1) is 5.92 Å². The molecule has 0 aromatic heterocycles. The van der Waals surface area contributed by atoms with Crippen molar-refractivity contribution in [3.63, 3.8) is 0 Å². The van der Waals surface area contributed by atoms with Gasteiger partial charge in [0, 0.05) is 16.6 Å². The third kappa shape index (κ3) is 2.58. The van der Waals surface area contributed by atoms with Crippen LogP contribution in [-0.2, 0) is 4.79 Å². The van der Waals surface area contributed by atoms with Crippen LogP contribution in [0.15, 0.2) is 34.5 Å². The van der Waals surface area contributed by atoms with E-state index in [4.69, 9.17) is 0 Å². The van der Waals surface area contributed by atoms with Gasteiger partial charge in [-0.1, -0.05) is 35.5 Å². The minimum absolute atomic E-state index is 0.0990. The molecule has 14 heavy (non-hydrogen) atoms. The largest absolute Gasteiger partial charge is 0.330 e. The van der Waals surface area contributed by atoms with Crippen LogP contribution in [0.25, 0.3) is 0 Å². The Morgan fingerprint density at radius 3 is 2.86 bits per heavy atom. The highest BCUT2D eigenvalue weighted by Gasteiger charge is 2.20. The third-order valence-corrected chi connectivity index (χ3v) is 2.82. The molecule has 76 valence electrons. The van der Waals surface area contributed by atoms with E-state index in [2.05, 4.69) is 34.7 Å². The van der Waals surface area contributed by atoms with Crippen molar-refractivity contribution in [3.05, 3.63) is 34.5 Å². The Labute approximate surface area is 92.9 Å². The van der Waals surface area contributed by atoms with E-state index in [1.807, 2.05) is 13.0 Å². The van der Waals surface area contributed by atoms with E-state index >= 15 is 0 Å². The molecule has 3 heteroatoms. The normalized spacial score (nSPS) is 23.5. The summed E-state index contributed by atoms with van der Waals surface area (Å²) in [4.78, 5) is 11.2. The second-order valence-electron chi connectivity index (χ2n) is 3.47. The first-order valence-electron chi connectivity index (χ1n) is 4.55. The molecule has 1 N–H and O–H groups in total. The SMILES string of the molecule is C=C/C(Br)=C\C1=C(C)NC(=O)CC1C. The summed E-state index contributed by atoms with van der Waals surface area (Å²) in [5.41, 5.74) is 2.10. The zero-order chi connectivity index (χ0) is 10.7. The van der Waals surface area contributed by atoms with Crippen LogP contribution in [0.3, 0.4) is 0 Å². The van der Waals surface area contributed by atoms with Gasteiger partial charge in [-0.15, -0.1) is 0 Å². The van der Waals surface area contributed by atoms with E-state index in [1.54, 1.807) is 6.08 Å². The smallest absolute Gasteiger partial charge is 0.224 e. The van der Waals surface area contributed by atoms with Gasteiger partial charge in [0.2, 0.25) is 5.91 Å². The maximum atomic E-state index is 11.2. The molecular formula is C11H14BrNO. The van der Waals surface area contributed by atoms with Crippen molar-refractivity contribution >= 4 is 21.8 Å². The molecule has 0 saturated heterocycles. The van der Waals surface area contributed by atoms with E-state index in [9.17, 15) is 4.79 Å². The molecule has 1 rings (SSSR count). The second kappa shape index (κ2) is 4.60. The summed E-state index contributed by atoms with van der Waals surface area (Å²) in [6.45, 7) is 7.64. The predicted octanol–water partition coefficient (Wildman–Crippen LogP) is 2.88. The average Bonchev–Trinajstić information content (AvgIpc) is 2.10.